The number of benzene rings is 3. The Bertz CT molecular complexity index is 1490. The number of nitrogens with zero attached hydrogens (tertiary/aromatic N) is 2. The Morgan fingerprint density at radius 3 is 2.20 bits per heavy atom. The zero-order valence-corrected chi connectivity index (χ0v) is 25.9. The Kier molecular flexibility index (Phi) is 11.4. The van der Waals surface area contributed by atoms with Gasteiger partial charge in [0, 0.05) is 19.0 Å². The highest BCUT2D eigenvalue weighted by atomic mass is 35.5. The maximum atomic E-state index is 14.0. The molecule has 0 heterocycles. The summed E-state index contributed by atoms with van der Waals surface area (Å²) in [5, 5.41) is 3.23. The lowest BCUT2D eigenvalue weighted by Crippen LogP contribution is -2.54. The van der Waals surface area contributed by atoms with Gasteiger partial charge in [0.1, 0.15) is 18.4 Å². The molecule has 0 saturated heterocycles. The van der Waals surface area contributed by atoms with E-state index < -0.39 is 40.2 Å². The fraction of sp³-hybridized carbons (Fsp3) is 0.310. The highest BCUT2D eigenvalue weighted by molar-refractivity contribution is 7.92. The van der Waals surface area contributed by atoms with Crippen molar-refractivity contribution in [3.8, 4) is 0 Å². The Morgan fingerprint density at radius 2 is 1.61 bits per heavy atom. The van der Waals surface area contributed by atoms with Crippen LogP contribution in [0, 0.1) is 5.82 Å². The van der Waals surface area contributed by atoms with Crippen molar-refractivity contribution in [2.24, 2.45) is 0 Å². The Morgan fingerprint density at radius 1 is 0.927 bits per heavy atom. The summed E-state index contributed by atoms with van der Waals surface area (Å²) >= 11 is 18.3. The molecule has 0 aliphatic rings. The van der Waals surface area contributed by atoms with Crippen molar-refractivity contribution >= 4 is 62.3 Å². The molecule has 0 saturated carbocycles. The molecule has 0 bridgehead atoms. The van der Waals surface area contributed by atoms with Crippen molar-refractivity contribution in [2.45, 2.75) is 45.3 Å². The third-order valence-electron chi connectivity index (χ3n) is 6.48. The van der Waals surface area contributed by atoms with Crippen LogP contribution in [0.3, 0.4) is 0 Å². The molecule has 2 amide bonds. The van der Waals surface area contributed by atoms with Crippen LogP contribution in [0.25, 0.3) is 0 Å². The third kappa shape index (κ3) is 9.07. The first kappa shape index (κ1) is 32.7. The van der Waals surface area contributed by atoms with Crippen LogP contribution >= 0.6 is 34.8 Å². The van der Waals surface area contributed by atoms with Gasteiger partial charge in [0.25, 0.3) is 0 Å². The van der Waals surface area contributed by atoms with E-state index in [1.807, 2.05) is 44.2 Å². The summed E-state index contributed by atoms with van der Waals surface area (Å²) in [7, 11) is -4.02. The van der Waals surface area contributed by atoms with Gasteiger partial charge in [0.15, 0.2) is 0 Å². The monoisotopic (exact) mass is 641 g/mol. The zero-order chi connectivity index (χ0) is 30.3. The summed E-state index contributed by atoms with van der Waals surface area (Å²) in [6, 6.07) is 16.2. The lowest BCUT2D eigenvalue weighted by Gasteiger charge is -2.34. The zero-order valence-electron chi connectivity index (χ0n) is 22.8. The molecule has 0 fully saturated rings. The number of carbonyl (C=O) groups is 2. The number of halogens is 4. The molecule has 0 aliphatic heterocycles. The van der Waals surface area contributed by atoms with E-state index in [0.717, 1.165) is 28.3 Å². The van der Waals surface area contributed by atoms with Crippen molar-refractivity contribution in [1.29, 1.82) is 0 Å². The van der Waals surface area contributed by atoms with Gasteiger partial charge in [0.2, 0.25) is 21.8 Å². The average molecular weight is 643 g/mol. The van der Waals surface area contributed by atoms with Gasteiger partial charge in [-0.05, 0) is 54.8 Å². The standard InChI is InChI=1S/C29H31Cl3FN3O4S/c1-4-19(2)34-29(38)27(15-20-8-6-5-7-9-20)35(17-21-10-12-23(30)24(31)14-21)28(37)18-36(41(3,39)40)22-11-13-26(33)25(32)16-22/h5-14,16,19,27H,4,15,17-18H2,1-3H3,(H,34,38)/t19-,27+/m1/s1. The Labute approximate surface area is 255 Å². The van der Waals surface area contributed by atoms with Crippen LogP contribution in [0.1, 0.15) is 31.4 Å². The SMILES string of the molecule is CC[C@@H](C)NC(=O)[C@H](Cc1ccccc1)N(Cc1ccc(Cl)c(Cl)c1)C(=O)CN(c1ccc(F)c(Cl)c1)S(C)(=O)=O. The Hall–Kier alpha value is -2.85. The van der Waals surface area contributed by atoms with E-state index in [-0.39, 0.29) is 34.7 Å². The molecule has 3 aromatic rings. The van der Waals surface area contributed by atoms with Crippen LogP contribution in [0.2, 0.25) is 15.1 Å². The van der Waals surface area contributed by atoms with E-state index in [1.165, 1.54) is 11.0 Å². The maximum Gasteiger partial charge on any atom is 0.244 e. The number of hydrogen-bond donors (Lipinski definition) is 1. The van der Waals surface area contributed by atoms with E-state index in [2.05, 4.69) is 5.32 Å². The smallest absolute Gasteiger partial charge is 0.244 e. The molecule has 3 aromatic carbocycles. The maximum absolute atomic E-state index is 14.0. The van der Waals surface area contributed by atoms with E-state index in [1.54, 1.807) is 18.2 Å². The van der Waals surface area contributed by atoms with Crippen LogP contribution in [0.5, 0.6) is 0 Å². The topological polar surface area (TPSA) is 86.8 Å². The summed E-state index contributed by atoms with van der Waals surface area (Å²) < 4.78 is 40.3. The first-order chi connectivity index (χ1) is 19.3. The molecule has 2 atom stereocenters. The van der Waals surface area contributed by atoms with Gasteiger partial charge in [-0.1, -0.05) is 78.1 Å². The van der Waals surface area contributed by atoms with E-state index in [0.29, 0.717) is 17.0 Å². The lowest BCUT2D eigenvalue weighted by atomic mass is 10.0. The molecular weight excluding hydrogens is 612 g/mol. The quantitative estimate of drug-likeness (QED) is 0.259. The molecule has 1 N–H and O–H groups in total. The molecule has 0 aromatic heterocycles. The van der Waals surface area contributed by atoms with Crippen molar-refractivity contribution in [3.63, 3.8) is 0 Å². The van der Waals surface area contributed by atoms with Gasteiger partial charge >= 0.3 is 0 Å². The number of nitrogens with one attached hydrogen (secondary N) is 1. The summed E-state index contributed by atoms with van der Waals surface area (Å²) in [6.45, 7) is 3.05. The van der Waals surface area contributed by atoms with Gasteiger partial charge in [-0.15, -0.1) is 0 Å². The molecule has 0 unspecified atom stereocenters. The van der Waals surface area contributed by atoms with Crippen molar-refractivity contribution in [3.05, 3.63) is 98.7 Å². The van der Waals surface area contributed by atoms with Crippen molar-refractivity contribution in [1.82, 2.24) is 10.2 Å². The highest BCUT2D eigenvalue weighted by Crippen LogP contribution is 2.27. The normalized spacial score (nSPS) is 12.9. The highest BCUT2D eigenvalue weighted by Gasteiger charge is 2.33. The van der Waals surface area contributed by atoms with Gasteiger partial charge < -0.3 is 10.2 Å². The fourth-order valence-electron chi connectivity index (χ4n) is 4.08. The van der Waals surface area contributed by atoms with E-state index >= 15 is 0 Å². The minimum Gasteiger partial charge on any atom is -0.352 e. The molecule has 220 valence electrons. The van der Waals surface area contributed by atoms with Crippen LogP contribution < -0.4 is 9.62 Å². The predicted molar refractivity (Wildman–Crippen MR) is 162 cm³/mol. The molecule has 0 radical (unpaired) electrons. The molecule has 7 nitrogen and oxygen atoms in total. The van der Waals surface area contributed by atoms with Crippen LogP contribution in [0.4, 0.5) is 10.1 Å². The molecule has 3 rings (SSSR count). The molecule has 0 aliphatic carbocycles. The molecule has 12 heteroatoms. The van der Waals surface area contributed by atoms with Gasteiger partial charge in [-0.25, -0.2) is 12.8 Å². The third-order valence-corrected chi connectivity index (χ3v) is 8.65. The second-order valence-corrected chi connectivity index (χ2v) is 12.8. The van der Waals surface area contributed by atoms with Crippen LogP contribution in [-0.4, -0.2) is 50.0 Å². The average Bonchev–Trinajstić information content (AvgIpc) is 2.92. The molecule has 41 heavy (non-hydrogen) atoms. The van der Waals surface area contributed by atoms with Crippen molar-refractivity contribution in [2.75, 3.05) is 17.1 Å². The number of carbonyl (C=O) groups excluding carboxylic acids is 2. The summed E-state index contributed by atoms with van der Waals surface area (Å²) in [5.74, 6) is -1.80. The minimum atomic E-state index is -4.02. The number of sulfonamides is 1. The first-order valence-electron chi connectivity index (χ1n) is 12.8. The first-order valence-corrected chi connectivity index (χ1v) is 15.8. The van der Waals surface area contributed by atoms with E-state index in [9.17, 15) is 22.4 Å². The van der Waals surface area contributed by atoms with Gasteiger partial charge in [-0.3, -0.25) is 13.9 Å². The van der Waals surface area contributed by atoms with E-state index in [4.69, 9.17) is 34.8 Å². The number of amides is 2. The number of rotatable bonds is 12. The predicted octanol–water partition coefficient (Wildman–Crippen LogP) is 6.11. The summed E-state index contributed by atoms with van der Waals surface area (Å²) in [5.41, 5.74) is 1.39. The molecule has 0 spiro atoms. The van der Waals surface area contributed by atoms with Crippen molar-refractivity contribution < 1.29 is 22.4 Å². The lowest BCUT2D eigenvalue weighted by molar-refractivity contribution is -0.140. The number of anilines is 1. The van der Waals surface area contributed by atoms with Gasteiger partial charge in [0.05, 0.1) is 27.0 Å². The Balaban J connectivity index is 2.09. The van der Waals surface area contributed by atoms with Crippen LogP contribution in [0.15, 0.2) is 66.7 Å². The number of hydrogen-bond acceptors (Lipinski definition) is 4. The fourth-order valence-corrected chi connectivity index (χ4v) is 5.42. The molecular formula is C29H31Cl3FN3O4S. The minimum absolute atomic E-state index is 0.00500. The second-order valence-electron chi connectivity index (χ2n) is 9.66. The van der Waals surface area contributed by atoms with Crippen LogP contribution in [-0.2, 0) is 32.6 Å². The largest absolute Gasteiger partial charge is 0.352 e. The summed E-state index contributed by atoms with van der Waals surface area (Å²) in [6.07, 6.45) is 1.76. The second kappa shape index (κ2) is 14.4. The van der Waals surface area contributed by atoms with Gasteiger partial charge in [-0.2, -0.15) is 0 Å². The summed E-state index contributed by atoms with van der Waals surface area (Å²) in [4.78, 5) is 29.0.